The number of pyridine rings is 1. The van der Waals surface area contributed by atoms with Gasteiger partial charge in [-0.2, -0.15) is 5.10 Å². The first kappa shape index (κ1) is 23.6. The van der Waals surface area contributed by atoms with E-state index in [2.05, 4.69) is 15.2 Å². The summed E-state index contributed by atoms with van der Waals surface area (Å²) >= 11 is 0. The fourth-order valence-corrected chi connectivity index (χ4v) is 9.73. The molecule has 1 aliphatic heterocycles. The van der Waals surface area contributed by atoms with Crippen molar-refractivity contribution in [1.29, 1.82) is 0 Å². The molecule has 1 N–H and O–H groups in total. The molecule has 0 saturated carbocycles. The summed E-state index contributed by atoms with van der Waals surface area (Å²) in [5, 5.41) is 7.50. The lowest BCUT2D eigenvalue weighted by molar-refractivity contribution is -0.122. The molecule has 6 nitrogen and oxygen atoms in total. The Morgan fingerprint density at radius 3 is 2.48 bits per heavy atom. The summed E-state index contributed by atoms with van der Waals surface area (Å²) < 4.78 is 18.9. The van der Waals surface area contributed by atoms with Crippen molar-refractivity contribution < 1.29 is 8.90 Å². The number of amides is 1. The molecule has 0 unspecified atom stereocenters. The molecule has 3 heterocycles. The van der Waals surface area contributed by atoms with Gasteiger partial charge in [-0.25, -0.2) is 0 Å². The van der Waals surface area contributed by atoms with E-state index >= 15 is 4.11 Å². The molecule has 2 aromatic heterocycles. The number of carbonyl (C=O) groups excluding carboxylic acids is 1. The normalized spacial score (nSPS) is 15.6. The van der Waals surface area contributed by atoms with Crippen LogP contribution in [0.5, 0.6) is 0 Å². The average molecular weight is 446 g/mol. The molecule has 8 heteroatoms. The van der Waals surface area contributed by atoms with Crippen molar-refractivity contribution in [2.45, 2.75) is 71.1 Å². The van der Waals surface area contributed by atoms with Crippen molar-refractivity contribution in [1.82, 2.24) is 25.0 Å². The smallest absolute Gasteiger partial charge is 0.306 e. The van der Waals surface area contributed by atoms with Crippen LogP contribution in [0.15, 0.2) is 24.5 Å². The lowest BCUT2D eigenvalue weighted by atomic mass is 10.1. The third-order valence-electron chi connectivity index (χ3n) is 6.25. The van der Waals surface area contributed by atoms with Gasteiger partial charge in [-0.15, -0.1) is 0 Å². The highest BCUT2D eigenvalue weighted by Crippen LogP contribution is 2.52. The summed E-state index contributed by atoms with van der Waals surface area (Å²) in [6.45, 7) is 14.1. The molecule has 0 spiro atoms. The van der Waals surface area contributed by atoms with Gasteiger partial charge < -0.3 is 9.42 Å². The van der Waals surface area contributed by atoms with E-state index in [1.54, 1.807) is 17.1 Å². The molecular weight excluding hydrogens is 409 g/mol. The third-order valence-corrected chi connectivity index (χ3v) is 11.7. The van der Waals surface area contributed by atoms with Gasteiger partial charge in [-0.3, -0.25) is 19.4 Å². The highest BCUT2D eigenvalue weighted by Gasteiger charge is 2.60. The van der Waals surface area contributed by atoms with Crippen LogP contribution in [0.25, 0.3) is 0 Å². The van der Waals surface area contributed by atoms with Crippen molar-refractivity contribution in [3.63, 3.8) is 0 Å². The number of nitrogens with zero attached hydrogens (tertiary/aromatic N) is 4. The molecule has 0 radical (unpaired) electrons. The maximum Gasteiger partial charge on any atom is 0.306 e. The number of rotatable bonds is 5. The summed E-state index contributed by atoms with van der Waals surface area (Å²) in [5.74, 6) is -0.0341. The Balaban J connectivity index is 1.80. The summed E-state index contributed by atoms with van der Waals surface area (Å²) in [4.78, 5) is 18.7. The van der Waals surface area contributed by atoms with Gasteiger partial charge in [0.15, 0.2) is 0 Å². The van der Waals surface area contributed by atoms with E-state index < -0.39 is 18.5 Å². The Kier molecular flexibility index (Phi) is 6.44. The van der Waals surface area contributed by atoms with Crippen molar-refractivity contribution >= 4 is 19.6 Å². The number of hydrogen-bond acceptors (Lipinski definition) is 4. The van der Waals surface area contributed by atoms with Gasteiger partial charge in [0.1, 0.15) is 0 Å². The molecule has 170 valence electrons. The first-order valence-electron chi connectivity index (χ1n) is 11.0. The second-order valence-electron chi connectivity index (χ2n) is 10.7. The number of aromatic nitrogens is 3. The SMILES string of the molecule is Cn1nc2c(c1[Si](F)(C(C)(C)C)C(C)(C)C)CN(CC(=O)NCc1cccnc1)CC2. The summed E-state index contributed by atoms with van der Waals surface area (Å²) in [7, 11) is -1.59. The first-order valence-corrected chi connectivity index (χ1v) is 12.8. The van der Waals surface area contributed by atoms with E-state index in [1.807, 2.05) is 60.7 Å². The van der Waals surface area contributed by atoms with Gasteiger partial charge in [0, 0.05) is 51.1 Å². The fourth-order valence-electron chi connectivity index (χ4n) is 4.92. The lowest BCUT2D eigenvalue weighted by Crippen LogP contribution is -2.61. The molecule has 0 aromatic carbocycles. The Bertz CT molecular complexity index is 916. The van der Waals surface area contributed by atoms with Gasteiger partial charge in [-0.05, 0) is 21.7 Å². The van der Waals surface area contributed by atoms with E-state index in [0.29, 0.717) is 19.6 Å². The van der Waals surface area contributed by atoms with Crippen LogP contribution in [0.2, 0.25) is 10.1 Å². The van der Waals surface area contributed by atoms with Crippen molar-refractivity contribution in [2.75, 3.05) is 13.1 Å². The van der Waals surface area contributed by atoms with Crippen LogP contribution in [0, 0.1) is 0 Å². The van der Waals surface area contributed by atoms with Crippen LogP contribution in [0.4, 0.5) is 4.11 Å². The molecule has 1 amide bonds. The highest BCUT2D eigenvalue weighted by atomic mass is 28.4. The second-order valence-corrected chi connectivity index (χ2v) is 15.4. The Labute approximate surface area is 186 Å². The molecule has 0 bridgehead atoms. The minimum Gasteiger partial charge on any atom is -0.351 e. The highest BCUT2D eigenvalue weighted by molar-refractivity contribution is 6.90. The summed E-state index contributed by atoms with van der Waals surface area (Å²) in [5.41, 5.74) is 2.94. The largest absolute Gasteiger partial charge is 0.351 e. The number of carbonyl (C=O) groups is 1. The van der Waals surface area contributed by atoms with Gasteiger partial charge in [-0.1, -0.05) is 47.6 Å². The quantitative estimate of drug-likeness (QED) is 0.567. The van der Waals surface area contributed by atoms with Crippen molar-refractivity contribution in [3.8, 4) is 0 Å². The molecule has 0 saturated heterocycles. The molecule has 2 aromatic rings. The Hall–Kier alpha value is -2.06. The van der Waals surface area contributed by atoms with Crippen LogP contribution < -0.4 is 10.6 Å². The molecule has 0 aliphatic carbocycles. The predicted octanol–water partition coefficient (Wildman–Crippen LogP) is 3.21. The van der Waals surface area contributed by atoms with Crippen LogP contribution >= 0.6 is 0 Å². The Morgan fingerprint density at radius 2 is 1.90 bits per heavy atom. The monoisotopic (exact) mass is 445 g/mol. The Morgan fingerprint density at radius 1 is 1.23 bits per heavy atom. The zero-order valence-electron chi connectivity index (χ0n) is 19.9. The van der Waals surface area contributed by atoms with E-state index in [1.165, 1.54) is 0 Å². The average Bonchev–Trinajstić information content (AvgIpc) is 3.00. The van der Waals surface area contributed by atoms with Crippen LogP contribution in [0.1, 0.15) is 58.4 Å². The predicted molar refractivity (Wildman–Crippen MR) is 124 cm³/mol. The summed E-state index contributed by atoms with van der Waals surface area (Å²) in [6, 6.07) is 3.79. The molecule has 31 heavy (non-hydrogen) atoms. The fraction of sp³-hybridized carbons (Fsp3) is 0.609. The molecule has 1 aliphatic rings. The van der Waals surface area contributed by atoms with E-state index in [4.69, 9.17) is 5.10 Å². The second kappa shape index (κ2) is 8.46. The molecule has 3 rings (SSSR count). The van der Waals surface area contributed by atoms with Crippen molar-refractivity contribution in [3.05, 3.63) is 41.3 Å². The van der Waals surface area contributed by atoms with Gasteiger partial charge >= 0.3 is 8.41 Å². The maximum absolute atomic E-state index is 17.1. The van der Waals surface area contributed by atoms with Gasteiger partial charge in [0.2, 0.25) is 5.91 Å². The number of hydrogen-bond donors (Lipinski definition) is 1. The number of nitrogens with one attached hydrogen (secondary N) is 1. The molecular formula is C23H36FN5OSi. The number of halogens is 1. The standard InChI is InChI=1S/C23H36FN5OSi/c1-22(2,3)31(24,23(4,5)6)21-18-15-29(12-10-19(18)27-28(21)7)16-20(30)26-14-17-9-8-11-25-13-17/h8-9,11,13H,10,12,14-16H2,1-7H3,(H,26,30). The van der Waals surface area contributed by atoms with E-state index in [9.17, 15) is 4.79 Å². The summed E-state index contributed by atoms with van der Waals surface area (Å²) in [6.07, 6.45) is 4.20. The van der Waals surface area contributed by atoms with Crippen LogP contribution in [0.3, 0.4) is 0 Å². The first-order chi connectivity index (χ1) is 14.3. The van der Waals surface area contributed by atoms with Gasteiger partial charge in [0.05, 0.1) is 17.6 Å². The third kappa shape index (κ3) is 4.60. The van der Waals surface area contributed by atoms with E-state index in [0.717, 1.165) is 35.1 Å². The maximum atomic E-state index is 17.1. The molecule has 0 fully saturated rings. The lowest BCUT2D eigenvalue weighted by Gasteiger charge is -2.45. The minimum atomic E-state index is -3.46. The number of aryl methyl sites for hydroxylation is 1. The van der Waals surface area contributed by atoms with E-state index in [-0.39, 0.29) is 5.91 Å². The van der Waals surface area contributed by atoms with Crippen molar-refractivity contribution in [2.24, 2.45) is 7.05 Å². The zero-order valence-corrected chi connectivity index (χ0v) is 20.9. The number of fused-ring (bicyclic) bond motifs is 1. The van der Waals surface area contributed by atoms with Gasteiger partial charge in [0.25, 0.3) is 0 Å². The minimum absolute atomic E-state index is 0.0341. The van der Waals surface area contributed by atoms with Crippen LogP contribution in [-0.4, -0.2) is 47.1 Å². The zero-order chi connectivity index (χ0) is 23.0. The molecule has 0 atom stereocenters. The van der Waals surface area contributed by atoms with Crippen LogP contribution in [-0.2, 0) is 31.4 Å². The topological polar surface area (TPSA) is 63.1 Å².